The Morgan fingerprint density at radius 2 is 2.10 bits per heavy atom. The SMILES string of the molecule is CSC[C@H]1O[C@@H](N2CNC3C(N)NCNC32)[C@H](O)[C@@H]1O. The second-order valence-corrected chi connectivity index (χ2v) is 6.37. The predicted octanol–water partition coefficient (Wildman–Crippen LogP) is -3.21. The van der Waals surface area contributed by atoms with E-state index in [0.29, 0.717) is 19.1 Å². The summed E-state index contributed by atoms with van der Waals surface area (Å²) in [5.74, 6) is 0.665. The first kappa shape index (κ1) is 14.9. The summed E-state index contributed by atoms with van der Waals surface area (Å²) >= 11 is 1.60. The Balaban J connectivity index is 1.70. The summed E-state index contributed by atoms with van der Waals surface area (Å²) in [6.07, 6.45) is -0.788. The fourth-order valence-electron chi connectivity index (χ4n) is 3.16. The zero-order chi connectivity index (χ0) is 14.3. The van der Waals surface area contributed by atoms with Crippen molar-refractivity contribution >= 4 is 11.8 Å². The van der Waals surface area contributed by atoms with Crippen LogP contribution >= 0.6 is 11.8 Å². The van der Waals surface area contributed by atoms with Gasteiger partial charge in [-0.3, -0.25) is 16.0 Å². The van der Waals surface area contributed by atoms with Gasteiger partial charge in [0.2, 0.25) is 0 Å². The third-order valence-corrected chi connectivity index (χ3v) is 4.90. The van der Waals surface area contributed by atoms with Crippen LogP contribution in [0, 0.1) is 0 Å². The first-order valence-corrected chi connectivity index (χ1v) is 8.25. The summed E-state index contributed by atoms with van der Waals surface area (Å²) in [6.45, 7) is 1.18. The molecule has 7 atom stereocenters. The molecular weight excluding hydrogens is 282 g/mol. The Hall–Kier alpha value is 0.0300. The number of nitrogens with one attached hydrogen (secondary N) is 3. The lowest BCUT2D eigenvalue weighted by Crippen LogP contribution is -2.68. The largest absolute Gasteiger partial charge is 0.388 e. The summed E-state index contributed by atoms with van der Waals surface area (Å²) in [4.78, 5) is 2.00. The van der Waals surface area contributed by atoms with Gasteiger partial charge in [-0.05, 0) is 6.26 Å². The van der Waals surface area contributed by atoms with Crippen LogP contribution in [0.5, 0.6) is 0 Å². The van der Waals surface area contributed by atoms with E-state index in [9.17, 15) is 10.2 Å². The second kappa shape index (κ2) is 6.03. The topological polar surface area (TPSA) is 115 Å². The highest BCUT2D eigenvalue weighted by Crippen LogP contribution is 2.29. The van der Waals surface area contributed by atoms with Gasteiger partial charge in [0.05, 0.1) is 31.1 Å². The van der Waals surface area contributed by atoms with E-state index in [1.165, 1.54) is 0 Å². The quantitative estimate of drug-likeness (QED) is 0.320. The number of thioether (sulfide) groups is 1. The lowest BCUT2D eigenvalue weighted by atomic mass is 10.1. The fourth-order valence-corrected chi connectivity index (χ4v) is 3.76. The van der Waals surface area contributed by atoms with Crippen LogP contribution in [-0.4, -0.2) is 83.4 Å². The van der Waals surface area contributed by atoms with Crippen molar-refractivity contribution < 1.29 is 14.9 Å². The molecule has 0 bridgehead atoms. The summed E-state index contributed by atoms with van der Waals surface area (Å²) in [5, 5.41) is 30.1. The van der Waals surface area contributed by atoms with E-state index in [0.717, 1.165) is 0 Å². The molecule has 0 spiro atoms. The van der Waals surface area contributed by atoms with Crippen LogP contribution in [-0.2, 0) is 4.74 Å². The van der Waals surface area contributed by atoms with Crippen LogP contribution in [0.25, 0.3) is 0 Å². The zero-order valence-corrected chi connectivity index (χ0v) is 12.2. The van der Waals surface area contributed by atoms with E-state index in [-0.39, 0.29) is 24.5 Å². The van der Waals surface area contributed by atoms with Crippen molar-refractivity contribution in [2.45, 2.75) is 42.9 Å². The summed E-state index contributed by atoms with van der Waals surface area (Å²) in [7, 11) is 0. The molecule has 3 heterocycles. The second-order valence-electron chi connectivity index (χ2n) is 5.46. The molecule has 3 saturated heterocycles. The van der Waals surface area contributed by atoms with Gasteiger partial charge in [0.15, 0.2) is 0 Å². The minimum absolute atomic E-state index is 0.00821. The van der Waals surface area contributed by atoms with Gasteiger partial charge in [0.1, 0.15) is 18.4 Å². The van der Waals surface area contributed by atoms with Crippen molar-refractivity contribution in [2.75, 3.05) is 25.3 Å². The number of fused-ring (bicyclic) bond motifs is 1. The van der Waals surface area contributed by atoms with Gasteiger partial charge in [-0.15, -0.1) is 0 Å². The summed E-state index contributed by atoms with van der Waals surface area (Å²) < 4.78 is 5.86. The van der Waals surface area contributed by atoms with Crippen LogP contribution in [0.15, 0.2) is 0 Å². The van der Waals surface area contributed by atoms with Crippen molar-refractivity contribution in [3.63, 3.8) is 0 Å². The molecule has 3 unspecified atom stereocenters. The highest BCUT2D eigenvalue weighted by atomic mass is 32.2. The lowest BCUT2D eigenvalue weighted by molar-refractivity contribution is -0.0994. The van der Waals surface area contributed by atoms with E-state index in [1.807, 2.05) is 11.2 Å². The van der Waals surface area contributed by atoms with Gasteiger partial charge in [0, 0.05) is 12.4 Å². The molecule has 0 aromatic carbocycles. The van der Waals surface area contributed by atoms with Gasteiger partial charge in [-0.2, -0.15) is 11.8 Å². The maximum absolute atomic E-state index is 10.2. The maximum Gasteiger partial charge on any atom is 0.142 e. The average Bonchev–Trinajstić information content (AvgIpc) is 2.97. The van der Waals surface area contributed by atoms with Crippen LogP contribution < -0.4 is 21.7 Å². The van der Waals surface area contributed by atoms with Crippen molar-refractivity contribution in [1.29, 1.82) is 0 Å². The molecule has 0 amide bonds. The monoisotopic (exact) mass is 305 g/mol. The molecule has 0 radical (unpaired) electrons. The molecule has 3 aliphatic heterocycles. The van der Waals surface area contributed by atoms with Gasteiger partial charge < -0.3 is 20.7 Å². The van der Waals surface area contributed by atoms with Crippen LogP contribution in [0.4, 0.5) is 0 Å². The van der Waals surface area contributed by atoms with Crippen LogP contribution in [0.3, 0.4) is 0 Å². The molecule has 116 valence electrons. The number of ether oxygens (including phenoxy) is 1. The van der Waals surface area contributed by atoms with Gasteiger partial charge >= 0.3 is 0 Å². The Kier molecular flexibility index (Phi) is 4.51. The molecule has 0 saturated carbocycles. The number of hydrogen-bond acceptors (Lipinski definition) is 9. The van der Waals surface area contributed by atoms with Crippen molar-refractivity contribution in [3.05, 3.63) is 0 Å². The van der Waals surface area contributed by atoms with Crippen molar-refractivity contribution in [1.82, 2.24) is 20.9 Å². The van der Waals surface area contributed by atoms with Crippen LogP contribution in [0.1, 0.15) is 0 Å². The van der Waals surface area contributed by atoms with Gasteiger partial charge in [0.25, 0.3) is 0 Å². The van der Waals surface area contributed by atoms with E-state index >= 15 is 0 Å². The highest BCUT2D eigenvalue weighted by Gasteiger charge is 2.51. The number of aliphatic hydroxyl groups excluding tert-OH is 2. The fraction of sp³-hybridized carbons (Fsp3) is 1.00. The highest BCUT2D eigenvalue weighted by molar-refractivity contribution is 7.98. The first-order chi connectivity index (χ1) is 9.63. The van der Waals surface area contributed by atoms with E-state index in [4.69, 9.17) is 10.5 Å². The predicted molar refractivity (Wildman–Crippen MR) is 75.6 cm³/mol. The standard InChI is InChI=1S/C11H23N5O3S/c1-20-2-5-7(17)8(18)11(19-5)16-4-15-6-9(12)13-3-14-10(6)16/h5-11,13-15,17-18H,2-4,12H2,1H3/t5-,6?,7-,8-,9?,10?,11-/m1/s1. The molecular formula is C11H23N5O3S. The van der Waals surface area contributed by atoms with E-state index in [2.05, 4.69) is 16.0 Å². The number of nitrogens with zero attached hydrogens (tertiary/aromatic N) is 1. The van der Waals surface area contributed by atoms with Crippen molar-refractivity contribution in [2.24, 2.45) is 5.73 Å². The molecule has 0 aromatic rings. The summed E-state index contributed by atoms with van der Waals surface area (Å²) in [6, 6.07) is 0.0521. The molecule has 3 rings (SSSR count). The maximum atomic E-state index is 10.2. The zero-order valence-electron chi connectivity index (χ0n) is 11.4. The minimum atomic E-state index is -0.902. The van der Waals surface area contributed by atoms with Crippen molar-refractivity contribution in [3.8, 4) is 0 Å². The molecule has 7 N–H and O–H groups in total. The number of hydrogen-bond donors (Lipinski definition) is 6. The Morgan fingerprint density at radius 3 is 2.85 bits per heavy atom. The lowest BCUT2D eigenvalue weighted by Gasteiger charge is -2.38. The molecule has 20 heavy (non-hydrogen) atoms. The Labute approximate surface area is 122 Å². The van der Waals surface area contributed by atoms with Gasteiger partial charge in [-0.1, -0.05) is 0 Å². The van der Waals surface area contributed by atoms with Gasteiger partial charge in [-0.25, -0.2) is 4.90 Å². The van der Waals surface area contributed by atoms with E-state index in [1.54, 1.807) is 11.8 Å². The smallest absolute Gasteiger partial charge is 0.142 e. The number of rotatable bonds is 3. The average molecular weight is 305 g/mol. The third kappa shape index (κ3) is 2.47. The van der Waals surface area contributed by atoms with E-state index < -0.39 is 18.4 Å². The third-order valence-electron chi connectivity index (χ3n) is 4.24. The Morgan fingerprint density at radius 1 is 1.30 bits per heavy atom. The molecule has 8 nitrogen and oxygen atoms in total. The normalized spacial score (nSPS) is 49.5. The Bertz CT molecular complexity index is 352. The summed E-state index contributed by atoms with van der Waals surface area (Å²) in [5.41, 5.74) is 6.02. The number of nitrogens with two attached hydrogens (primary N) is 1. The molecule has 3 aliphatic rings. The number of aliphatic hydroxyl groups is 2. The molecule has 0 aliphatic carbocycles. The molecule has 0 aromatic heterocycles. The van der Waals surface area contributed by atoms with Crippen LogP contribution in [0.2, 0.25) is 0 Å². The first-order valence-electron chi connectivity index (χ1n) is 6.85. The molecule has 3 fully saturated rings. The molecule has 9 heteroatoms. The minimum Gasteiger partial charge on any atom is -0.388 e.